The average Bonchev–Trinajstić information content (AvgIpc) is 2.44. The number of benzene rings is 1. The number of aryl methyl sites for hydroxylation is 1. The maximum absolute atomic E-state index is 12.1. The summed E-state index contributed by atoms with van der Waals surface area (Å²) in [5, 5.41) is 0. The van der Waals surface area contributed by atoms with Crippen molar-refractivity contribution in [2.45, 2.75) is 19.8 Å². The van der Waals surface area contributed by atoms with Crippen molar-refractivity contribution < 1.29 is 14.4 Å². The van der Waals surface area contributed by atoms with Crippen molar-refractivity contribution in [2.24, 2.45) is 11.5 Å². The van der Waals surface area contributed by atoms with Gasteiger partial charge in [0.05, 0.1) is 0 Å². The van der Waals surface area contributed by atoms with Gasteiger partial charge in [-0.2, -0.15) is 0 Å². The normalized spacial score (nSPS) is 11.0. The van der Waals surface area contributed by atoms with Gasteiger partial charge in [-0.05, 0) is 25.3 Å². The van der Waals surface area contributed by atoms with Crippen molar-refractivity contribution in [3.63, 3.8) is 0 Å². The van der Waals surface area contributed by atoms with Crippen molar-refractivity contribution in [3.8, 4) is 0 Å². The lowest BCUT2D eigenvalue weighted by Crippen LogP contribution is -2.42. The van der Waals surface area contributed by atoms with Gasteiger partial charge in [0.15, 0.2) is 0 Å². The molecule has 1 aromatic rings. The minimum absolute atomic E-state index is 0.329. The largest absolute Gasteiger partial charge is 0.368 e. The van der Waals surface area contributed by atoms with Crippen molar-refractivity contribution >= 4 is 17.7 Å². The van der Waals surface area contributed by atoms with E-state index in [0.29, 0.717) is 6.42 Å². The number of nitrogens with zero attached hydrogens (tertiary/aromatic N) is 1. The molecule has 0 spiro atoms. The number of rotatable bonds is 8. The molecule has 0 unspecified atom stereocenters. The van der Waals surface area contributed by atoms with Gasteiger partial charge in [0, 0.05) is 6.08 Å². The highest BCUT2D eigenvalue weighted by Crippen LogP contribution is 2.09. The molecular formula is C16H21N3O3. The lowest BCUT2D eigenvalue weighted by atomic mass is 10.1. The molecule has 0 aliphatic heterocycles. The Morgan fingerprint density at radius 2 is 1.59 bits per heavy atom. The van der Waals surface area contributed by atoms with Crippen molar-refractivity contribution in [1.82, 2.24) is 4.90 Å². The molecule has 0 aliphatic rings. The summed E-state index contributed by atoms with van der Waals surface area (Å²) in [7, 11) is 0. The van der Waals surface area contributed by atoms with Crippen molar-refractivity contribution in [2.75, 3.05) is 13.1 Å². The molecule has 1 rings (SSSR count). The highest BCUT2D eigenvalue weighted by Gasteiger charge is 2.16. The zero-order valence-electron chi connectivity index (χ0n) is 12.6. The fourth-order valence-electron chi connectivity index (χ4n) is 1.95. The molecular weight excluding hydrogens is 282 g/mol. The van der Waals surface area contributed by atoms with Crippen LogP contribution in [0, 0.1) is 0 Å². The summed E-state index contributed by atoms with van der Waals surface area (Å²) < 4.78 is 0. The van der Waals surface area contributed by atoms with Gasteiger partial charge in [-0.1, -0.05) is 35.9 Å². The second kappa shape index (κ2) is 8.61. The number of nitrogens with two attached hydrogens (primary N) is 2. The summed E-state index contributed by atoms with van der Waals surface area (Å²) in [5.41, 5.74) is 12.2. The Bertz CT molecular complexity index is 551. The van der Waals surface area contributed by atoms with Crippen molar-refractivity contribution in [3.05, 3.63) is 47.5 Å². The molecule has 22 heavy (non-hydrogen) atoms. The third kappa shape index (κ3) is 6.69. The number of hydrogen-bond acceptors (Lipinski definition) is 3. The molecule has 0 saturated heterocycles. The van der Waals surface area contributed by atoms with Gasteiger partial charge >= 0.3 is 0 Å². The number of amides is 3. The van der Waals surface area contributed by atoms with Gasteiger partial charge in [-0.25, -0.2) is 0 Å². The van der Waals surface area contributed by atoms with E-state index in [2.05, 4.69) is 0 Å². The number of allylic oxidation sites excluding steroid dienone is 1. The van der Waals surface area contributed by atoms with Gasteiger partial charge in [0.25, 0.3) is 0 Å². The van der Waals surface area contributed by atoms with Crippen LogP contribution < -0.4 is 11.5 Å². The topological polar surface area (TPSA) is 106 Å². The van der Waals surface area contributed by atoms with Crippen LogP contribution in [-0.4, -0.2) is 35.7 Å². The molecule has 0 aromatic heterocycles. The minimum Gasteiger partial charge on any atom is -0.368 e. The number of hydrogen-bond donors (Lipinski definition) is 2. The van der Waals surface area contributed by atoms with E-state index in [0.717, 1.165) is 16.9 Å². The maximum atomic E-state index is 12.1. The lowest BCUT2D eigenvalue weighted by molar-refractivity contribution is -0.134. The van der Waals surface area contributed by atoms with Crippen LogP contribution in [0.15, 0.2) is 42.0 Å². The van der Waals surface area contributed by atoms with Gasteiger partial charge < -0.3 is 16.4 Å². The SMILES string of the molecule is C/C(=C\C(=O)N(CC(N)=O)CC(N)=O)CCc1ccccc1. The van der Waals surface area contributed by atoms with Crippen LogP contribution in [0.4, 0.5) is 0 Å². The van der Waals surface area contributed by atoms with Gasteiger partial charge in [-0.3, -0.25) is 14.4 Å². The molecule has 6 nitrogen and oxygen atoms in total. The number of primary amides is 2. The Morgan fingerprint density at radius 3 is 2.09 bits per heavy atom. The van der Waals surface area contributed by atoms with Crippen LogP contribution >= 0.6 is 0 Å². The monoisotopic (exact) mass is 303 g/mol. The first-order chi connectivity index (χ1) is 10.4. The predicted molar refractivity (Wildman–Crippen MR) is 83.5 cm³/mol. The molecule has 118 valence electrons. The Morgan fingerprint density at radius 1 is 1.05 bits per heavy atom. The Hall–Kier alpha value is -2.63. The van der Waals surface area contributed by atoms with Crippen LogP contribution in [0.25, 0.3) is 0 Å². The molecule has 6 heteroatoms. The summed E-state index contributed by atoms with van der Waals surface area (Å²) in [5.74, 6) is -1.82. The molecule has 3 amide bonds. The smallest absolute Gasteiger partial charge is 0.247 e. The molecule has 0 aliphatic carbocycles. The highest BCUT2D eigenvalue weighted by molar-refractivity contribution is 5.94. The molecule has 0 fully saturated rings. The van der Waals surface area contributed by atoms with E-state index in [-0.39, 0.29) is 13.1 Å². The standard InChI is InChI=1S/C16H21N3O3/c1-12(7-8-13-5-3-2-4-6-13)9-16(22)19(10-14(17)20)11-15(18)21/h2-6,9H,7-8,10-11H2,1H3,(H2,17,20)(H2,18,21)/b12-9+. The average molecular weight is 303 g/mol. The Labute approximate surface area is 129 Å². The molecule has 0 radical (unpaired) electrons. The number of carbonyl (C=O) groups excluding carboxylic acids is 3. The summed E-state index contributed by atoms with van der Waals surface area (Å²) in [4.78, 5) is 35.0. The first-order valence-corrected chi connectivity index (χ1v) is 6.95. The van der Waals surface area contributed by atoms with Gasteiger partial charge in [0.2, 0.25) is 17.7 Å². The van der Waals surface area contributed by atoms with E-state index in [1.807, 2.05) is 37.3 Å². The van der Waals surface area contributed by atoms with E-state index in [4.69, 9.17) is 11.5 Å². The molecule has 4 N–H and O–H groups in total. The fourth-order valence-corrected chi connectivity index (χ4v) is 1.95. The zero-order valence-corrected chi connectivity index (χ0v) is 12.6. The summed E-state index contributed by atoms with van der Waals surface area (Å²) in [6.07, 6.45) is 2.92. The predicted octanol–water partition coefficient (Wildman–Crippen LogP) is 0.365. The van der Waals surface area contributed by atoms with Crippen LogP contribution in [0.1, 0.15) is 18.9 Å². The van der Waals surface area contributed by atoms with E-state index in [1.165, 1.54) is 11.6 Å². The molecule has 0 bridgehead atoms. The third-order valence-corrected chi connectivity index (χ3v) is 3.03. The van der Waals surface area contributed by atoms with Crippen LogP contribution in [0.2, 0.25) is 0 Å². The van der Waals surface area contributed by atoms with E-state index in [1.54, 1.807) is 0 Å². The van der Waals surface area contributed by atoms with Crippen LogP contribution in [0.3, 0.4) is 0 Å². The maximum Gasteiger partial charge on any atom is 0.247 e. The molecule has 1 aromatic carbocycles. The second-order valence-corrected chi connectivity index (χ2v) is 5.10. The van der Waals surface area contributed by atoms with Crippen LogP contribution in [0.5, 0.6) is 0 Å². The van der Waals surface area contributed by atoms with Crippen molar-refractivity contribution in [1.29, 1.82) is 0 Å². The Balaban J connectivity index is 2.64. The highest BCUT2D eigenvalue weighted by atomic mass is 16.2. The molecule has 0 heterocycles. The first kappa shape index (κ1) is 17.4. The van der Waals surface area contributed by atoms with Crippen LogP contribution in [-0.2, 0) is 20.8 Å². The fraction of sp³-hybridized carbons (Fsp3) is 0.312. The van der Waals surface area contributed by atoms with Gasteiger partial charge in [0.1, 0.15) is 13.1 Å². The molecule has 0 atom stereocenters. The molecule has 0 saturated carbocycles. The van der Waals surface area contributed by atoms with E-state index >= 15 is 0 Å². The number of carbonyl (C=O) groups is 3. The summed E-state index contributed by atoms with van der Waals surface area (Å²) in [6, 6.07) is 9.90. The quantitative estimate of drug-likeness (QED) is 0.677. The first-order valence-electron chi connectivity index (χ1n) is 6.95. The Kier molecular flexibility index (Phi) is 6.82. The zero-order chi connectivity index (χ0) is 16.5. The second-order valence-electron chi connectivity index (χ2n) is 5.10. The van der Waals surface area contributed by atoms with E-state index in [9.17, 15) is 14.4 Å². The van der Waals surface area contributed by atoms with Gasteiger partial charge in [-0.15, -0.1) is 0 Å². The third-order valence-electron chi connectivity index (χ3n) is 3.03. The van der Waals surface area contributed by atoms with E-state index < -0.39 is 17.7 Å². The summed E-state index contributed by atoms with van der Waals surface area (Å²) in [6.45, 7) is 1.17. The minimum atomic E-state index is -0.690. The lowest BCUT2D eigenvalue weighted by Gasteiger charge is -2.17. The summed E-state index contributed by atoms with van der Waals surface area (Å²) >= 11 is 0.